The molecular formula is C19H32FN3O2. The van der Waals surface area contributed by atoms with Crippen LogP contribution in [-0.2, 0) is 4.74 Å². The third kappa shape index (κ3) is 11.4. The van der Waals surface area contributed by atoms with Crippen LogP contribution in [0.15, 0.2) is 29.3 Å². The monoisotopic (exact) mass is 353 g/mol. The molecule has 0 spiro atoms. The lowest BCUT2D eigenvalue weighted by molar-refractivity contribution is 0.144. The molecule has 0 radical (unpaired) electrons. The number of nitrogens with zero attached hydrogens (tertiary/aromatic N) is 1. The highest BCUT2D eigenvalue weighted by Gasteiger charge is 1.98. The van der Waals surface area contributed by atoms with Crippen molar-refractivity contribution in [3.05, 3.63) is 30.1 Å². The van der Waals surface area contributed by atoms with Gasteiger partial charge in [-0.2, -0.15) is 0 Å². The number of rotatable bonds is 13. The van der Waals surface area contributed by atoms with Crippen LogP contribution in [0.5, 0.6) is 5.75 Å². The summed E-state index contributed by atoms with van der Waals surface area (Å²) in [7, 11) is 0. The largest absolute Gasteiger partial charge is 0.494 e. The van der Waals surface area contributed by atoms with E-state index in [1.807, 2.05) is 6.92 Å². The third-order valence-electron chi connectivity index (χ3n) is 3.46. The second-order valence-corrected chi connectivity index (χ2v) is 5.60. The first-order chi connectivity index (χ1) is 12.3. The average Bonchev–Trinajstić information content (AvgIpc) is 2.62. The van der Waals surface area contributed by atoms with Gasteiger partial charge in [0.25, 0.3) is 0 Å². The fourth-order valence-electron chi connectivity index (χ4n) is 2.15. The summed E-state index contributed by atoms with van der Waals surface area (Å²) in [5.74, 6) is 1.32. The number of hydrogen-bond donors (Lipinski definition) is 2. The van der Waals surface area contributed by atoms with E-state index in [9.17, 15) is 4.39 Å². The second-order valence-electron chi connectivity index (χ2n) is 5.60. The van der Waals surface area contributed by atoms with Crippen molar-refractivity contribution < 1.29 is 13.9 Å². The normalized spacial score (nSPS) is 11.4. The van der Waals surface area contributed by atoms with Crippen LogP contribution in [0.2, 0.25) is 0 Å². The Kier molecular flexibility index (Phi) is 12.3. The Hall–Kier alpha value is -1.82. The molecule has 1 aromatic carbocycles. The molecule has 0 amide bonds. The maximum absolute atomic E-state index is 12.8. The van der Waals surface area contributed by atoms with Crippen LogP contribution in [0.1, 0.15) is 39.5 Å². The molecule has 6 heteroatoms. The second kappa shape index (κ2) is 14.5. The standard InChI is InChI=1S/C19H32FN3O2/c1-3-21-19(22-13-5-7-15-24-4-2)23-14-6-8-16-25-18-11-9-17(20)10-12-18/h9-12H,3-8,13-16H2,1-2H3,(H2,21,22,23). The van der Waals surface area contributed by atoms with Crippen molar-refractivity contribution in [1.29, 1.82) is 0 Å². The number of guanidine groups is 1. The minimum Gasteiger partial charge on any atom is -0.494 e. The van der Waals surface area contributed by atoms with E-state index in [1.54, 1.807) is 12.1 Å². The number of nitrogens with one attached hydrogen (secondary N) is 2. The van der Waals surface area contributed by atoms with Crippen LogP contribution in [0.4, 0.5) is 4.39 Å². The van der Waals surface area contributed by atoms with Gasteiger partial charge >= 0.3 is 0 Å². The van der Waals surface area contributed by atoms with Crippen molar-refractivity contribution in [3.8, 4) is 5.75 Å². The molecule has 0 saturated carbocycles. The first-order valence-corrected chi connectivity index (χ1v) is 9.24. The first kappa shape index (κ1) is 21.2. The van der Waals surface area contributed by atoms with E-state index in [2.05, 4.69) is 22.5 Å². The van der Waals surface area contributed by atoms with Gasteiger partial charge in [-0.15, -0.1) is 0 Å². The molecule has 0 bridgehead atoms. The maximum Gasteiger partial charge on any atom is 0.191 e. The van der Waals surface area contributed by atoms with Gasteiger partial charge in [0.2, 0.25) is 0 Å². The fourth-order valence-corrected chi connectivity index (χ4v) is 2.15. The summed E-state index contributed by atoms with van der Waals surface area (Å²) >= 11 is 0. The van der Waals surface area contributed by atoms with Gasteiger partial charge in [0, 0.05) is 32.8 Å². The van der Waals surface area contributed by atoms with Crippen LogP contribution < -0.4 is 15.4 Å². The zero-order chi connectivity index (χ0) is 18.2. The van der Waals surface area contributed by atoms with Crippen molar-refractivity contribution in [1.82, 2.24) is 10.6 Å². The van der Waals surface area contributed by atoms with Crippen LogP contribution in [0.25, 0.3) is 0 Å². The molecule has 0 aromatic heterocycles. The molecule has 0 aliphatic heterocycles. The highest BCUT2D eigenvalue weighted by atomic mass is 19.1. The zero-order valence-corrected chi connectivity index (χ0v) is 15.5. The smallest absolute Gasteiger partial charge is 0.191 e. The Bertz CT molecular complexity index is 466. The van der Waals surface area contributed by atoms with Gasteiger partial charge in [-0.3, -0.25) is 4.99 Å². The van der Waals surface area contributed by atoms with Crippen molar-refractivity contribution in [2.45, 2.75) is 39.5 Å². The fraction of sp³-hybridized carbons (Fsp3) is 0.632. The molecule has 0 unspecified atom stereocenters. The van der Waals surface area contributed by atoms with E-state index in [1.165, 1.54) is 12.1 Å². The van der Waals surface area contributed by atoms with Gasteiger partial charge < -0.3 is 20.1 Å². The van der Waals surface area contributed by atoms with Crippen LogP contribution >= 0.6 is 0 Å². The number of halogens is 1. The summed E-state index contributed by atoms with van der Waals surface area (Å²) in [6.07, 6.45) is 3.98. The van der Waals surface area contributed by atoms with Gasteiger partial charge in [-0.25, -0.2) is 4.39 Å². The van der Waals surface area contributed by atoms with E-state index in [0.717, 1.165) is 64.5 Å². The van der Waals surface area contributed by atoms with Crippen LogP contribution in [0, 0.1) is 5.82 Å². The number of hydrogen-bond acceptors (Lipinski definition) is 3. The number of benzene rings is 1. The highest BCUT2D eigenvalue weighted by Crippen LogP contribution is 2.11. The third-order valence-corrected chi connectivity index (χ3v) is 3.46. The van der Waals surface area contributed by atoms with Crippen molar-refractivity contribution in [2.24, 2.45) is 4.99 Å². The molecule has 0 aliphatic rings. The molecule has 0 fully saturated rings. The summed E-state index contributed by atoms with van der Waals surface area (Å²) in [6, 6.07) is 6.11. The SMILES string of the molecule is CCNC(=NCCCCOCC)NCCCCOc1ccc(F)cc1. The van der Waals surface area contributed by atoms with E-state index in [-0.39, 0.29) is 5.82 Å². The first-order valence-electron chi connectivity index (χ1n) is 9.24. The molecule has 25 heavy (non-hydrogen) atoms. The molecule has 5 nitrogen and oxygen atoms in total. The van der Waals surface area contributed by atoms with E-state index in [0.29, 0.717) is 12.4 Å². The van der Waals surface area contributed by atoms with Gasteiger partial charge in [-0.1, -0.05) is 0 Å². The topological polar surface area (TPSA) is 54.9 Å². The van der Waals surface area contributed by atoms with Gasteiger partial charge in [0.1, 0.15) is 11.6 Å². The quantitative estimate of drug-likeness (QED) is 0.324. The van der Waals surface area contributed by atoms with Crippen molar-refractivity contribution >= 4 is 5.96 Å². The molecule has 1 rings (SSSR count). The van der Waals surface area contributed by atoms with Gasteiger partial charge in [0.05, 0.1) is 6.61 Å². The average molecular weight is 353 g/mol. The number of unbranched alkanes of at least 4 members (excludes halogenated alkanes) is 2. The lowest BCUT2D eigenvalue weighted by atomic mass is 10.3. The summed E-state index contributed by atoms with van der Waals surface area (Å²) in [4.78, 5) is 4.56. The van der Waals surface area contributed by atoms with E-state index >= 15 is 0 Å². The maximum atomic E-state index is 12.8. The highest BCUT2D eigenvalue weighted by molar-refractivity contribution is 5.79. The van der Waals surface area contributed by atoms with Crippen LogP contribution in [0.3, 0.4) is 0 Å². The van der Waals surface area contributed by atoms with Gasteiger partial charge in [0.15, 0.2) is 5.96 Å². The number of ether oxygens (including phenoxy) is 2. The summed E-state index contributed by atoms with van der Waals surface area (Å²) in [5.41, 5.74) is 0. The summed E-state index contributed by atoms with van der Waals surface area (Å²) < 4.78 is 23.7. The minimum absolute atomic E-state index is 0.246. The molecule has 142 valence electrons. The van der Waals surface area contributed by atoms with E-state index < -0.39 is 0 Å². The molecule has 0 heterocycles. The predicted octanol–water partition coefficient (Wildman–Crippen LogP) is 3.36. The zero-order valence-electron chi connectivity index (χ0n) is 15.5. The Balaban J connectivity index is 2.10. The van der Waals surface area contributed by atoms with Gasteiger partial charge in [-0.05, 0) is 63.8 Å². The van der Waals surface area contributed by atoms with E-state index in [4.69, 9.17) is 9.47 Å². The lowest BCUT2D eigenvalue weighted by Crippen LogP contribution is -2.38. The van der Waals surface area contributed by atoms with Crippen LogP contribution in [-0.4, -0.2) is 45.4 Å². The molecule has 0 atom stereocenters. The number of aliphatic imine (C=N–C) groups is 1. The Morgan fingerprint density at radius 3 is 2.48 bits per heavy atom. The van der Waals surface area contributed by atoms with Crippen molar-refractivity contribution in [3.63, 3.8) is 0 Å². The molecule has 2 N–H and O–H groups in total. The summed E-state index contributed by atoms with van der Waals surface area (Å²) in [5, 5.41) is 6.58. The minimum atomic E-state index is -0.246. The molecule has 1 aromatic rings. The Morgan fingerprint density at radius 2 is 1.76 bits per heavy atom. The molecular weight excluding hydrogens is 321 g/mol. The molecule has 0 saturated heterocycles. The Morgan fingerprint density at radius 1 is 1.00 bits per heavy atom. The molecule has 0 aliphatic carbocycles. The summed E-state index contributed by atoms with van der Waals surface area (Å²) in [6.45, 7) is 8.77. The lowest BCUT2D eigenvalue weighted by Gasteiger charge is -2.11. The van der Waals surface area contributed by atoms with Crippen molar-refractivity contribution in [2.75, 3.05) is 39.5 Å². The Labute approximate surface area is 151 Å². The predicted molar refractivity (Wildman–Crippen MR) is 101 cm³/mol.